The highest BCUT2D eigenvalue weighted by Crippen LogP contribution is 2.04. The summed E-state index contributed by atoms with van der Waals surface area (Å²) in [5.74, 6) is 0.630. The zero-order chi connectivity index (χ0) is 7.28. The van der Waals surface area contributed by atoms with Crippen LogP contribution in [-0.4, -0.2) is 12.7 Å². The summed E-state index contributed by atoms with van der Waals surface area (Å²) >= 11 is 0. The van der Waals surface area contributed by atoms with Gasteiger partial charge in [0.2, 0.25) is 0 Å². The molecular formula is C8H17O. The van der Waals surface area contributed by atoms with Crippen molar-refractivity contribution in [3.63, 3.8) is 0 Å². The molecular weight excluding hydrogens is 112 g/mol. The lowest BCUT2D eigenvalue weighted by molar-refractivity contribution is 0.0492. The third-order valence-corrected chi connectivity index (χ3v) is 1.46. The maximum atomic E-state index is 5.40. The third-order valence-electron chi connectivity index (χ3n) is 1.46. The molecule has 0 spiro atoms. The molecule has 0 heterocycles. The molecule has 0 aromatic heterocycles. The van der Waals surface area contributed by atoms with Crippen molar-refractivity contribution in [2.45, 2.75) is 33.8 Å². The van der Waals surface area contributed by atoms with Crippen molar-refractivity contribution in [1.29, 1.82) is 0 Å². The van der Waals surface area contributed by atoms with Gasteiger partial charge in [-0.2, -0.15) is 0 Å². The summed E-state index contributed by atoms with van der Waals surface area (Å²) in [5.41, 5.74) is 0. The molecule has 0 aliphatic rings. The number of hydrogen-bond acceptors (Lipinski definition) is 1. The second-order valence-electron chi connectivity index (χ2n) is 2.69. The fourth-order valence-electron chi connectivity index (χ4n) is 0.440. The van der Waals surface area contributed by atoms with Gasteiger partial charge >= 0.3 is 0 Å². The Morgan fingerprint density at radius 1 is 1.33 bits per heavy atom. The van der Waals surface area contributed by atoms with Gasteiger partial charge in [0.15, 0.2) is 0 Å². The SMILES string of the molecule is C[CH]COC(C)C(C)C. The summed E-state index contributed by atoms with van der Waals surface area (Å²) in [6, 6.07) is 0. The van der Waals surface area contributed by atoms with E-state index in [9.17, 15) is 0 Å². The minimum absolute atomic E-state index is 0.390. The van der Waals surface area contributed by atoms with Gasteiger partial charge in [0, 0.05) is 6.61 Å². The zero-order valence-electron chi connectivity index (χ0n) is 6.85. The van der Waals surface area contributed by atoms with E-state index in [2.05, 4.69) is 20.8 Å². The van der Waals surface area contributed by atoms with Crippen molar-refractivity contribution in [3.05, 3.63) is 6.42 Å². The number of hydrogen-bond donors (Lipinski definition) is 0. The lowest BCUT2D eigenvalue weighted by Gasteiger charge is -2.15. The van der Waals surface area contributed by atoms with E-state index in [1.165, 1.54) is 0 Å². The van der Waals surface area contributed by atoms with Gasteiger partial charge in [-0.1, -0.05) is 20.8 Å². The lowest BCUT2D eigenvalue weighted by atomic mass is 10.1. The lowest BCUT2D eigenvalue weighted by Crippen LogP contribution is -2.15. The fraction of sp³-hybridized carbons (Fsp3) is 0.875. The highest BCUT2D eigenvalue weighted by Gasteiger charge is 2.04. The van der Waals surface area contributed by atoms with Crippen LogP contribution >= 0.6 is 0 Å². The minimum atomic E-state index is 0.390. The van der Waals surface area contributed by atoms with E-state index in [4.69, 9.17) is 4.74 Å². The van der Waals surface area contributed by atoms with Crippen molar-refractivity contribution >= 4 is 0 Å². The molecule has 1 atom stereocenters. The molecule has 0 saturated heterocycles. The van der Waals surface area contributed by atoms with Crippen LogP contribution in [0.1, 0.15) is 27.7 Å². The molecule has 0 N–H and O–H groups in total. The van der Waals surface area contributed by atoms with Gasteiger partial charge in [-0.15, -0.1) is 0 Å². The molecule has 1 nitrogen and oxygen atoms in total. The van der Waals surface area contributed by atoms with Crippen molar-refractivity contribution in [2.75, 3.05) is 6.61 Å². The van der Waals surface area contributed by atoms with Gasteiger partial charge < -0.3 is 4.74 Å². The second-order valence-corrected chi connectivity index (χ2v) is 2.69. The van der Waals surface area contributed by atoms with Crippen LogP contribution in [0.4, 0.5) is 0 Å². The first-order valence-electron chi connectivity index (χ1n) is 3.58. The minimum Gasteiger partial charge on any atom is -0.378 e. The smallest absolute Gasteiger partial charge is 0.0570 e. The Bertz CT molecular complexity index is 59.6. The maximum absolute atomic E-state index is 5.40. The Balaban J connectivity index is 3.16. The van der Waals surface area contributed by atoms with Gasteiger partial charge in [-0.3, -0.25) is 0 Å². The van der Waals surface area contributed by atoms with Gasteiger partial charge in [0.25, 0.3) is 0 Å². The molecule has 0 saturated carbocycles. The van der Waals surface area contributed by atoms with E-state index in [0.29, 0.717) is 12.0 Å². The number of ether oxygens (including phenoxy) is 1. The molecule has 0 aromatic carbocycles. The highest BCUT2D eigenvalue weighted by atomic mass is 16.5. The quantitative estimate of drug-likeness (QED) is 0.565. The predicted octanol–water partition coefficient (Wildman–Crippen LogP) is 2.27. The van der Waals surface area contributed by atoms with Gasteiger partial charge in [0.05, 0.1) is 6.10 Å². The maximum Gasteiger partial charge on any atom is 0.0570 e. The standard InChI is InChI=1S/C8H17O/c1-5-6-9-8(4)7(2)3/h5,7-8H,6H2,1-4H3. The fourth-order valence-corrected chi connectivity index (χ4v) is 0.440. The highest BCUT2D eigenvalue weighted by molar-refractivity contribution is 4.58. The predicted molar refractivity (Wildman–Crippen MR) is 40.2 cm³/mol. The van der Waals surface area contributed by atoms with Gasteiger partial charge in [-0.25, -0.2) is 0 Å². The van der Waals surface area contributed by atoms with Crippen molar-refractivity contribution in [1.82, 2.24) is 0 Å². The van der Waals surface area contributed by atoms with Crippen LogP contribution in [0.25, 0.3) is 0 Å². The molecule has 1 radical (unpaired) electrons. The topological polar surface area (TPSA) is 9.23 Å². The molecule has 0 aliphatic heterocycles. The van der Waals surface area contributed by atoms with Gasteiger partial charge in [0.1, 0.15) is 0 Å². The van der Waals surface area contributed by atoms with Gasteiger partial charge in [-0.05, 0) is 19.3 Å². The molecule has 0 aliphatic carbocycles. The monoisotopic (exact) mass is 129 g/mol. The first-order chi connectivity index (χ1) is 4.18. The van der Waals surface area contributed by atoms with E-state index in [1.54, 1.807) is 0 Å². The van der Waals surface area contributed by atoms with E-state index in [0.717, 1.165) is 6.61 Å². The summed E-state index contributed by atoms with van der Waals surface area (Å²) in [6.07, 6.45) is 2.42. The Labute approximate surface area is 58.4 Å². The average Bonchev–Trinajstić information content (AvgIpc) is 1.82. The van der Waals surface area contributed by atoms with Crippen molar-refractivity contribution in [2.24, 2.45) is 5.92 Å². The van der Waals surface area contributed by atoms with Crippen LogP contribution in [0.15, 0.2) is 0 Å². The normalized spacial score (nSPS) is 14.3. The average molecular weight is 129 g/mol. The zero-order valence-corrected chi connectivity index (χ0v) is 6.85. The Morgan fingerprint density at radius 3 is 2.22 bits per heavy atom. The van der Waals surface area contributed by atoms with E-state index < -0.39 is 0 Å². The molecule has 1 heteroatoms. The second kappa shape index (κ2) is 4.80. The van der Waals surface area contributed by atoms with Crippen LogP contribution in [0, 0.1) is 12.3 Å². The van der Waals surface area contributed by atoms with Crippen LogP contribution in [-0.2, 0) is 4.74 Å². The molecule has 0 rings (SSSR count). The summed E-state index contributed by atoms with van der Waals surface area (Å²) in [7, 11) is 0. The summed E-state index contributed by atoms with van der Waals surface area (Å²) in [6.45, 7) is 9.22. The molecule has 55 valence electrons. The Kier molecular flexibility index (Phi) is 4.78. The molecule has 0 amide bonds. The number of rotatable bonds is 4. The first kappa shape index (κ1) is 8.96. The van der Waals surface area contributed by atoms with E-state index in [1.807, 2.05) is 13.3 Å². The van der Waals surface area contributed by atoms with Crippen LogP contribution < -0.4 is 0 Å². The summed E-state index contributed by atoms with van der Waals surface area (Å²) in [5, 5.41) is 0. The van der Waals surface area contributed by atoms with E-state index in [-0.39, 0.29) is 0 Å². The third kappa shape index (κ3) is 4.46. The van der Waals surface area contributed by atoms with Crippen molar-refractivity contribution < 1.29 is 4.74 Å². The molecule has 0 fully saturated rings. The van der Waals surface area contributed by atoms with Crippen LogP contribution in [0.2, 0.25) is 0 Å². The summed E-state index contributed by atoms with van der Waals surface area (Å²) < 4.78 is 5.40. The van der Waals surface area contributed by atoms with Crippen LogP contribution in [0.5, 0.6) is 0 Å². The van der Waals surface area contributed by atoms with E-state index >= 15 is 0 Å². The Morgan fingerprint density at radius 2 is 1.89 bits per heavy atom. The largest absolute Gasteiger partial charge is 0.378 e. The first-order valence-corrected chi connectivity index (χ1v) is 3.58. The Hall–Kier alpha value is -0.0400. The van der Waals surface area contributed by atoms with Crippen molar-refractivity contribution in [3.8, 4) is 0 Å². The molecule has 9 heavy (non-hydrogen) atoms. The molecule has 1 unspecified atom stereocenters. The van der Waals surface area contributed by atoms with Crippen LogP contribution in [0.3, 0.4) is 0 Å². The molecule has 0 bridgehead atoms. The molecule has 0 aromatic rings. The summed E-state index contributed by atoms with van der Waals surface area (Å²) in [4.78, 5) is 0.